The number of hydrogen-bond acceptors (Lipinski definition) is 3. The number of hydrogen-bond donors (Lipinski definition) is 2. The molecule has 13 heavy (non-hydrogen) atoms. The van der Waals surface area contributed by atoms with Crippen LogP contribution in [-0.4, -0.2) is 48.8 Å². The number of likely N-dealkylation sites (N-methyl/N-ethyl adjacent to an activating group) is 2. The molecule has 0 saturated carbocycles. The second-order valence-corrected chi connectivity index (χ2v) is 4.14. The van der Waals surface area contributed by atoms with E-state index in [1.54, 1.807) is 0 Å². The predicted octanol–water partition coefficient (Wildman–Crippen LogP) is 0.687. The predicted molar refractivity (Wildman–Crippen MR) is 56.9 cm³/mol. The number of nitrogens with one attached hydrogen (secondary N) is 1. The highest BCUT2D eigenvalue weighted by Crippen LogP contribution is 2.08. The van der Waals surface area contributed by atoms with Crippen LogP contribution in [0.5, 0.6) is 0 Å². The van der Waals surface area contributed by atoms with E-state index in [0.29, 0.717) is 6.04 Å². The van der Waals surface area contributed by atoms with Crippen LogP contribution >= 0.6 is 0 Å². The van der Waals surface area contributed by atoms with Crippen LogP contribution in [0.25, 0.3) is 0 Å². The van der Waals surface area contributed by atoms with Gasteiger partial charge in [-0.1, -0.05) is 6.92 Å². The molecule has 0 rings (SSSR count). The van der Waals surface area contributed by atoms with Crippen LogP contribution in [0, 0.1) is 0 Å². The van der Waals surface area contributed by atoms with Crippen molar-refractivity contribution in [3.8, 4) is 0 Å². The van der Waals surface area contributed by atoms with Crippen molar-refractivity contribution < 1.29 is 5.11 Å². The lowest BCUT2D eigenvalue weighted by molar-refractivity contribution is 0.120. The van der Waals surface area contributed by atoms with Gasteiger partial charge in [0, 0.05) is 12.6 Å². The Labute approximate surface area is 82.1 Å². The van der Waals surface area contributed by atoms with E-state index in [4.69, 9.17) is 0 Å². The van der Waals surface area contributed by atoms with E-state index in [1.807, 2.05) is 14.0 Å². The minimum atomic E-state index is -0.182. The zero-order valence-electron chi connectivity index (χ0n) is 9.59. The van der Waals surface area contributed by atoms with E-state index in [1.165, 1.54) is 0 Å². The molecule has 0 saturated heterocycles. The number of rotatable bonds is 6. The minimum Gasteiger partial charge on any atom is -0.394 e. The maximum absolute atomic E-state index is 9.20. The van der Waals surface area contributed by atoms with Gasteiger partial charge in [0.1, 0.15) is 0 Å². The van der Waals surface area contributed by atoms with Crippen molar-refractivity contribution in [3.63, 3.8) is 0 Å². The number of aliphatic hydroxyl groups is 1. The van der Waals surface area contributed by atoms with Crippen molar-refractivity contribution in [1.29, 1.82) is 0 Å². The van der Waals surface area contributed by atoms with Crippen LogP contribution in [0.2, 0.25) is 0 Å². The minimum absolute atomic E-state index is 0.171. The Morgan fingerprint density at radius 1 is 1.54 bits per heavy atom. The molecule has 0 aliphatic carbocycles. The lowest BCUT2D eigenvalue weighted by Crippen LogP contribution is -2.53. The van der Waals surface area contributed by atoms with Crippen molar-refractivity contribution in [3.05, 3.63) is 0 Å². The molecule has 2 N–H and O–H groups in total. The summed E-state index contributed by atoms with van der Waals surface area (Å²) in [6.45, 7) is 7.45. The first-order chi connectivity index (χ1) is 5.99. The average molecular weight is 188 g/mol. The monoisotopic (exact) mass is 188 g/mol. The van der Waals surface area contributed by atoms with Crippen molar-refractivity contribution in [2.45, 2.75) is 38.8 Å². The van der Waals surface area contributed by atoms with E-state index < -0.39 is 0 Å². The standard InChI is InChI=1S/C10H24N2O/c1-6-9(2)12(5)7-10(3,8-13)11-4/h9,11,13H,6-8H2,1-5H3. The third-order valence-corrected chi connectivity index (χ3v) is 2.89. The summed E-state index contributed by atoms with van der Waals surface area (Å²) in [6, 6.07) is 0.569. The Balaban J connectivity index is 4.08. The van der Waals surface area contributed by atoms with E-state index in [0.717, 1.165) is 13.0 Å². The first-order valence-electron chi connectivity index (χ1n) is 4.99. The highest BCUT2D eigenvalue weighted by molar-refractivity contribution is 4.84. The molecule has 0 aliphatic rings. The van der Waals surface area contributed by atoms with Gasteiger partial charge in [-0.2, -0.15) is 0 Å². The van der Waals surface area contributed by atoms with Crippen molar-refractivity contribution >= 4 is 0 Å². The van der Waals surface area contributed by atoms with E-state index in [9.17, 15) is 5.11 Å². The summed E-state index contributed by atoms with van der Waals surface area (Å²) in [4.78, 5) is 2.27. The van der Waals surface area contributed by atoms with E-state index >= 15 is 0 Å². The average Bonchev–Trinajstić information content (AvgIpc) is 2.16. The van der Waals surface area contributed by atoms with Gasteiger partial charge in [0.15, 0.2) is 0 Å². The Hall–Kier alpha value is -0.120. The second kappa shape index (κ2) is 5.58. The molecular formula is C10H24N2O. The van der Waals surface area contributed by atoms with Gasteiger partial charge in [0.25, 0.3) is 0 Å². The normalized spacial score (nSPS) is 18.7. The first-order valence-corrected chi connectivity index (χ1v) is 4.99. The molecule has 0 aromatic heterocycles. The smallest absolute Gasteiger partial charge is 0.0623 e. The fourth-order valence-corrected chi connectivity index (χ4v) is 1.23. The summed E-state index contributed by atoms with van der Waals surface area (Å²) < 4.78 is 0. The second-order valence-electron chi connectivity index (χ2n) is 4.14. The molecule has 2 atom stereocenters. The quantitative estimate of drug-likeness (QED) is 0.643. The summed E-state index contributed by atoms with van der Waals surface area (Å²) in [5, 5.41) is 12.3. The molecular weight excluding hydrogens is 164 g/mol. The van der Waals surface area contributed by atoms with Crippen molar-refractivity contribution in [2.24, 2.45) is 0 Å². The first kappa shape index (κ1) is 12.9. The molecule has 0 heterocycles. The van der Waals surface area contributed by atoms with Gasteiger partial charge in [-0.3, -0.25) is 0 Å². The third kappa shape index (κ3) is 4.07. The van der Waals surface area contributed by atoms with Gasteiger partial charge in [0.05, 0.1) is 12.1 Å². The molecule has 3 heteroatoms. The third-order valence-electron chi connectivity index (χ3n) is 2.89. The summed E-state index contributed by atoms with van der Waals surface area (Å²) >= 11 is 0. The van der Waals surface area contributed by atoms with Gasteiger partial charge in [-0.05, 0) is 34.4 Å². The van der Waals surface area contributed by atoms with Crippen molar-refractivity contribution in [1.82, 2.24) is 10.2 Å². The van der Waals surface area contributed by atoms with Gasteiger partial charge in [0.2, 0.25) is 0 Å². The Morgan fingerprint density at radius 2 is 2.08 bits per heavy atom. The van der Waals surface area contributed by atoms with Crippen LogP contribution in [0.1, 0.15) is 27.2 Å². The molecule has 80 valence electrons. The van der Waals surface area contributed by atoms with Gasteiger partial charge < -0.3 is 15.3 Å². The molecule has 0 aromatic rings. The molecule has 2 unspecified atom stereocenters. The molecule has 3 nitrogen and oxygen atoms in total. The Kier molecular flexibility index (Phi) is 5.53. The Bertz CT molecular complexity index is 135. The fraction of sp³-hybridized carbons (Fsp3) is 1.00. The maximum Gasteiger partial charge on any atom is 0.0623 e. The largest absolute Gasteiger partial charge is 0.394 e. The molecule has 0 fully saturated rings. The van der Waals surface area contributed by atoms with Gasteiger partial charge >= 0.3 is 0 Å². The summed E-state index contributed by atoms with van der Waals surface area (Å²) in [6.07, 6.45) is 1.14. The highest BCUT2D eigenvalue weighted by Gasteiger charge is 2.24. The zero-order chi connectivity index (χ0) is 10.5. The molecule has 0 aliphatic heterocycles. The fourth-order valence-electron chi connectivity index (χ4n) is 1.23. The summed E-state index contributed by atoms with van der Waals surface area (Å²) in [7, 11) is 3.99. The molecule has 0 radical (unpaired) electrons. The highest BCUT2D eigenvalue weighted by atomic mass is 16.3. The van der Waals surface area contributed by atoms with Gasteiger partial charge in [-0.25, -0.2) is 0 Å². The Morgan fingerprint density at radius 3 is 2.38 bits per heavy atom. The molecule has 0 aromatic carbocycles. The van der Waals surface area contributed by atoms with E-state index in [-0.39, 0.29) is 12.1 Å². The van der Waals surface area contributed by atoms with Crippen LogP contribution < -0.4 is 5.32 Å². The number of aliphatic hydroxyl groups excluding tert-OH is 1. The summed E-state index contributed by atoms with van der Waals surface area (Å²) in [5.74, 6) is 0. The van der Waals surface area contributed by atoms with Gasteiger partial charge in [-0.15, -0.1) is 0 Å². The maximum atomic E-state index is 9.20. The topological polar surface area (TPSA) is 35.5 Å². The lowest BCUT2D eigenvalue weighted by atomic mass is 10.0. The van der Waals surface area contributed by atoms with Crippen LogP contribution in [0.3, 0.4) is 0 Å². The lowest BCUT2D eigenvalue weighted by Gasteiger charge is -2.34. The van der Waals surface area contributed by atoms with Crippen LogP contribution in [0.15, 0.2) is 0 Å². The number of nitrogens with zero attached hydrogens (tertiary/aromatic N) is 1. The van der Waals surface area contributed by atoms with E-state index in [2.05, 4.69) is 31.1 Å². The van der Waals surface area contributed by atoms with Crippen LogP contribution in [0.4, 0.5) is 0 Å². The summed E-state index contributed by atoms with van der Waals surface area (Å²) in [5.41, 5.74) is -0.182. The van der Waals surface area contributed by atoms with Crippen molar-refractivity contribution in [2.75, 3.05) is 27.2 Å². The SMILES string of the molecule is CCC(C)N(C)CC(C)(CO)NC. The molecule has 0 amide bonds. The molecule has 0 spiro atoms. The molecule has 0 bridgehead atoms. The zero-order valence-corrected chi connectivity index (χ0v) is 9.59. The van der Waals surface area contributed by atoms with Crippen LogP contribution in [-0.2, 0) is 0 Å².